The molecule has 0 aliphatic heterocycles. The van der Waals surface area contributed by atoms with Gasteiger partial charge in [-0.2, -0.15) is 0 Å². The lowest BCUT2D eigenvalue weighted by Crippen LogP contribution is -2.18. The molecule has 0 fully saturated rings. The van der Waals surface area contributed by atoms with Gasteiger partial charge in [-0.1, -0.05) is 11.6 Å². The fraction of sp³-hybridized carbons (Fsp3) is 0. The topological polar surface area (TPSA) is 71.4 Å². The first-order valence-corrected chi connectivity index (χ1v) is 3.31. The van der Waals surface area contributed by atoms with E-state index in [2.05, 4.69) is 0 Å². The summed E-state index contributed by atoms with van der Waals surface area (Å²) in [5.41, 5.74) is -0.346. The van der Waals surface area contributed by atoms with Crippen molar-refractivity contribution < 1.29 is 19.5 Å². The number of rotatable bonds is 1. The van der Waals surface area contributed by atoms with E-state index in [0.717, 1.165) is 12.2 Å². The number of Topliss-reactive ketones (excluding diaryl/α,β-unsaturated/α-hetero) is 1. The van der Waals surface area contributed by atoms with Crippen LogP contribution in [0.25, 0.3) is 0 Å². The van der Waals surface area contributed by atoms with Crippen molar-refractivity contribution in [2.24, 2.45) is 0 Å². The Balaban J connectivity index is 3.19. The van der Waals surface area contributed by atoms with E-state index < -0.39 is 22.6 Å². The molecule has 0 spiro atoms. The fourth-order valence-corrected chi connectivity index (χ4v) is 0.940. The van der Waals surface area contributed by atoms with Crippen LogP contribution in [0.2, 0.25) is 0 Å². The quantitative estimate of drug-likeness (QED) is 0.471. The highest BCUT2D eigenvalue weighted by Gasteiger charge is 2.25. The molecule has 5 heteroatoms. The highest BCUT2D eigenvalue weighted by molar-refractivity contribution is 6.61. The molecule has 12 heavy (non-hydrogen) atoms. The molecule has 0 saturated heterocycles. The SMILES string of the molecule is O=C(O)C1=C(Cl)C(=O)C(=O)C=C1. The summed E-state index contributed by atoms with van der Waals surface area (Å²) in [6.45, 7) is 0. The molecular weight excluding hydrogens is 184 g/mol. The second kappa shape index (κ2) is 2.91. The first-order chi connectivity index (χ1) is 5.54. The van der Waals surface area contributed by atoms with Gasteiger partial charge < -0.3 is 5.11 Å². The van der Waals surface area contributed by atoms with Crippen LogP contribution < -0.4 is 0 Å². The van der Waals surface area contributed by atoms with Crippen molar-refractivity contribution in [2.45, 2.75) is 0 Å². The second-order valence-corrected chi connectivity index (χ2v) is 2.44. The lowest BCUT2D eigenvalue weighted by Gasteiger charge is -2.03. The monoisotopic (exact) mass is 186 g/mol. The average molecular weight is 187 g/mol. The van der Waals surface area contributed by atoms with Gasteiger partial charge in [0.1, 0.15) is 5.03 Å². The number of allylic oxidation sites excluding steroid dienone is 2. The van der Waals surface area contributed by atoms with E-state index in [-0.39, 0.29) is 5.57 Å². The maximum atomic E-state index is 10.8. The third-order valence-corrected chi connectivity index (χ3v) is 1.67. The van der Waals surface area contributed by atoms with E-state index in [4.69, 9.17) is 16.7 Å². The maximum Gasteiger partial charge on any atom is 0.337 e. The van der Waals surface area contributed by atoms with Crippen LogP contribution in [-0.4, -0.2) is 22.6 Å². The zero-order chi connectivity index (χ0) is 9.30. The number of halogens is 1. The Morgan fingerprint density at radius 1 is 1.33 bits per heavy atom. The number of ketones is 2. The molecule has 0 atom stereocenters. The largest absolute Gasteiger partial charge is 0.478 e. The molecule has 1 rings (SSSR count). The van der Waals surface area contributed by atoms with Gasteiger partial charge in [-0.3, -0.25) is 9.59 Å². The van der Waals surface area contributed by atoms with Crippen molar-refractivity contribution in [3.05, 3.63) is 22.8 Å². The van der Waals surface area contributed by atoms with Crippen molar-refractivity contribution in [1.82, 2.24) is 0 Å². The number of carbonyl (C=O) groups excluding carboxylic acids is 2. The summed E-state index contributed by atoms with van der Waals surface area (Å²) in [4.78, 5) is 31.8. The Labute approximate surface area is 72.1 Å². The second-order valence-electron chi connectivity index (χ2n) is 2.06. The van der Waals surface area contributed by atoms with Crippen LogP contribution >= 0.6 is 11.6 Å². The number of hydrogen-bond donors (Lipinski definition) is 1. The Hall–Kier alpha value is -1.42. The Morgan fingerprint density at radius 3 is 2.42 bits per heavy atom. The van der Waals surface area contributed by atoms with E-state index in [0.29, 0.717) is 0 Å². The van der Waals surface area contributed by atoms with Crippen LogP contribution in [0.4, 0.5) is 0 Å². The average Bonchev–Trinajstić information content (AvgIpc) is 2.00. The molecule has 4 nitrogen and oxygen atoms in total. The van der Waals surface area contributed by atoms with E-state index >= 15 is 0 Å². The van der Waals surface area contributed by atoms with Crippen molar-refractivity contribution in [2.75, 3.05) is 0 Å². The fourth-order valence-electron chi connectivity index (χ4n) is 0.704. The zero-order valence-electron chi connectivity index (χ0n) is 5.70. The molecule has 1 N–H and O–H groups in total. The van der Waals surface area contributed by atoms with Gasteiger partial charge in [-0.05, 0) is 12.2 Å². The first kappa shape index (κ1) is 8.67. The minimum Gasteiger partial charge on any atom is -0.478 e. The Kier molecular flexibility index (Phi) is 2.10. The molecule has 0 aromatic carbocycles. The van der Waals surface area contributed by atoms with Gasteiger partial charge in [0.05, 0.1) is 5.57 Å². The predicted octanol–water partition coefficient (Wildman–Crippen LogP) is 0.272. The van der Waals surface area contributed by atoms with Gasteiger partial charge in [-0.15, -0.1) is 0 Å². The van der Waals surface area contributed by atoms with E-state index in [9.17, 15) is 14.4 Å². The van der Waals surface area contributed by atoms with E-state index in [1.807, 2.05) is 0 Å². The van der Waals surface area contributed by atoms with Crippen LogP contribution in [0, 0.1) is 0 Å². The number of hydrogen-bond acceptors (Lipinski definition) is 3. The Bertz CT molecular complexity index is 337. The highest BCUT2D eigenvalue weighted by Crippen LogP contribution is 2.17. The van der Waals surface area contributed by atoms with E-state index in [1.165, 1.54) is 0 Å². The van der Waals surface area contributed by atoms with Crippen molar-refractivity contribution in [3.8, 4) is 0 Å². The summed E-state index contributed by atoms with van der Waals surface area (Å²) in [5.74, 6) is -3.10. The van der Waals surface area contributed by atoms with Crippen LogP contribution in [0.15, 0.2) is 22.8 Å². The van der Waals surface area contributed by atoms with Crippen LogP contribution in [0.3, 0.4) is 0 Å². The van der Waals surface area contributed by atoms with Gasteiger partial charge in [-0.25, -0.2) is 4.79 Å². The molecule has 0 amide bonds. The number of carboxylic acid groups (broad SMARTS) is 1. The zero-order valence-corrected chi connectivity index (χ0v) is 6.46. The molecule has 62 valence electrons. The number of carbonyl (C=O) groups is 3. The molecule has 0 aromatic heterocycles. The minimum absolute atomic E-state index is 0.346. The van der Waals surface area contributed by atoms with Crippen molar-refractivity contribution >= 4 is 29.1 Å². The third-order valence-electron chi connectivity index (χ3n) is 1.29. The summed E-state index contributed by atoms with van der Waals surface area (Å²) < 4.78 is 0. The maximum absolute atomic E-state index is 10.8. The van der Waals surface area contributed by atoms with Gasteiger partial charge in [0.15, 0.2) is 0 Å². The van der Waals surface area contributed by atoms with Gasteiger partial charge in [0.2, 0.25) is 11.6 Å². The van der Waals surface area contributed by atoms with Crippen molar-refractivity contribution in [3.63, 3.8) is 0 Å². The molecule has 0 heterocycles. The van der Waals surface area contributed by atoms with Gasteiger partial charge in [0.25, 0.3) is 0 Å². The van der Waals surface area contributed by atoms with Gasteiger partial charge in [0, 0.05) is 0 Å². The number of carboxylic acids is 1. The first-order valence-electron chi connectivity index (χ1n) is 2.94. The molecule has 0 saturated carbocycles. The molecule has 0 unspecified atom stereocenters. The van der Waals surface area contributed by atoms with Crippen LogP contribution in [0.5, 0.6) is 0 Å². The molecule has 1 aliphatic rings. The summed E-state index contributed by atoms with van der Waals surface area (Å²) in [6.07, 6.45) is 1.89. The molecular formula is C7H3ClO4. The number of aliphatic carboxylic acids is 1. The van der Waals surface area contributed by atoms with Crippen molar-refractivity contribution in [1.29, 1.82) is 0 Å². The standard InChI is InChI=1S/C7H3ClO4/c8-5-3(7(11)12)1-2-4(9)6(5)10/h1-2H,(H,11,12). The van der Waals surface area contributed by atoms with Gasteiger partial charge >= 0.3 is 5.97 Å². The molecule has 0 aromatic rings. The summed E-state index contributed by atoms with van der Waals surface area (Å²) >= 11 is 5.30. The lowest BCUT2D eigenvalue weighted by atomic mass is 10.1. The smallest absolute Gasteiger partial charge is 0.337 e. The summed E-state index contributed by atoms with van der Waals surface area (Å²) in [6, 6.07) is 0. The molecule has 0 radical (unpaired) electrons. The summed E-state index contributed by atoms with van der Waals surface area (Å²) in [5, 5.41) is 7.92. The van der Waals surface area contributed by atoms with E-state index in [1.54, 1.807) is 0 Å². The molecule has 1 aliphatic carbocycles. The lowest BCUT2D eigenvalue weighted by molar-refractivity contribution is -0.133. The molecule has 0 bridgehead atoms. The Morgan fingerprint density at radius 2 is 1.92 bits per heavy atom. The van der Waals surface area contributed by atoms with Crippen LogP contribution in [-0.2, 0) is 14.4 Å². The minimum atomic E-state index is -1.32. The third kappa shape index (κ3) is 1.29. The highest BCUT2D eigenvalue weighted by atomic mass is 35.5. The normalized spacial score (nSPS) is 17.1. The predicted molar refractivity (Wildman–Crippen MR) is 39.7 cm³/mol. The summed E-state index contributed by atoms with van der Waals surface area (Å²) in [7, 11) is 0. The van der Waals surface area contributed by atoms with Crippen LogP contribution in [0.1, 0.15) is 0 Å².